The summed E-state index contributed by atoms with van der Waals surface area (Å²) in [7, 11) is 0. The van der Waals surface area contributed by atoms with Gasteiger partial charge in [-0.15, -0.1) is 10.2 Å². The maximum absolute atomic E-state index is 12.9. The Bertz CT molecular complexity index is 1030. The summed E-state index contributed by atoms with van der Waals surface area (Å²) in [5, 5.41) is 14.3. The van der Waals surface area contributed by atoms with Crippen molar-refractivity contribution in [1.82, 2.24) is 25.5 Å². The Hall–Kier alpha value is -3.55. The van der Waals surface area contributed by atoms with E-state index in [1.807, 2.05) is 69.3 Å². The third kappa shape index (κ3) is 5.38. The molecular weight excluding hydrogens is 404 g/mol. The lowest BCUT2D eigenvalue weighted by molar-refractivity contribution is -0.141. The summed E-state index contributed by atoms with van der Waals surface area (Å²) >= 11 is 0. The summed E-state index contributed by atoms with van der Waals surface area (Å²) in [6.45, 7) is 6.19. The SMILES string of the molecule is CCCCC(=O)N(Cc1ccc(-c2ccccc2-c2nn[nH]n2)cc1)[C@H](C(N)=O)C(C)C. The number of hydrogen-bond donors (Lipinski definition) is 2. The molecule has 2 amide bonds. The van der Waals surface area contributed by atoms with E-state index in [0.717, 1.165) is 35.1 Å². The number of primary amides is 1. The first-order valence-corrected chi connectivity index (χ1v) is 10.9. The quantitative estimate of drug-likeness (QED) is 0.506. The second-order valence-electron chi connectivity index (χ2n) is 8.19. The molecule has 8 nitrogen and oxygen atoms in total. The van der Waals surface area contributed by atoms with E-state index in [9.17, 15) is 9.59 Å². The molecule has 3 N–H and O–H groups in total. The number of nitrogens with zero attached hydrogens (tertiary/aromatic N) is 4. The number of H-pyrrole nitrogens is 1. The minimum absolute atomic E-state index is 0.0455. The van der Waals surface area contributed by atoms with E-state index < -0.39 is 11.9 Å². The van der Waals surface area contributed by atoms with Crippen molar-refractivity contribution >= 4 is 11.8 Å². The van der Waals surface area contributed by atoms with Crippen LogP contribution >= 0.6 is 0 Å². The molecular formula is C24H30N6O2. The number of tetrazole rings is 1. The highest BCUT2D eigenvalue weighted by molar-refractivity contribution is 5.87. The highest BCUT2D eigenvalue weighted by Gasteiger charge is 2.30. The predicted octanol–water partition coefficient (Wildman–Crippen LogP) is 3.56. The Morgan fingerprint density at radius 3 is 2.31 bits per heavy atom. The van der Waals surface area contributed by atoms with Crippen LogP contribution in [0, 0.1) is 5.92 Å². The molecule has 32 heavy (non-hydrogen) atoms. The van der Waals surface area contributed by atoms with Gasteiger partial charge in [0, 0.05) is 18.5 Å². The molecule has 0 saturated heterocycles. The minimum Gasteiger partial charge on any atom is -0.368 e. The van der Waals surface area contributed by atoms with Crippen LogP contribution in [0.4, 0.5) is 0 Å². The van der Waals surface area contributed by atoms with Gasteiger partial charge in [-0.3, -0.25) is 9.59 Å². The van der Waals surface area contributed by atoms with Crippen LogP contribution in [-0.2, 0) is 16.1 Å². The van der Waals surface area contributed by atoms with Crippen molar-refractivity contribution in [3.8, 4) is 22.5 Å². The molecule has 1 heterocycles. The van der Waals surface area contributed by atoms with E-state index in [1.165, 1.54) is 0 Å². The van der Waals surface area contributed by atoms with Crippen molar-refractivity contribution in [1.29, 1.82) is 0 Å². The molecule has 0 aliphatic rings. The molecule has 0 fully saturated rings. The first-order chi connectivity index (χ1) is 15.4. The molecule has 8 heteroatoms. The molecule has 1 aromatic heterocycles. The van der Waals surface area contributed by atoms with Crippen molar-refractivity contribution in [2.24, 2.45) is 11.7 Å². The number of nitrogens with two attached hydrogens (primary N) is 1. The molecule has 168 valence electrons. The van der Waals surface area contributed by atoms with E-state index >= 15 is 0 Å². The van der Waals surface area contributed by atoms with Crippen molar-refractivity contribution in [3.63, 3.8) is 0 Å². The van der Waals surface area contributed by atoms with Crippen molar-refractivity contribution in [3.05, 3.63) is 54.1 Å². The van der Waals surface area contributed by atoms with Crippen molar-refractivity contribution in [2.45, 2.75) is 52.6 Å². The van der Waals surface area contributed by atoms with Crippen LogP contribution in [0.25, 0.3) is 22.5 Å². The Morgan fingerprint density at radius 2 is 1.75 bits per heavy atom. The second kappa shape index (κ2) is 10.7. The first-order valence-electron chi connectivity index (χ1n) is 10.9. The third-order valence-corrected chi connectivity index (χ3v) is 5.45. The topological polar surface area (TPSA) is 118 Å². The average Bonchev–Trinajstić information content (AvgIpc) is 3.32. The smallest absolute Gasteiger partial charge is 0.240 e. The minimum atomic E-state index is -0.641. The molecule has 0 radical (unpaired) electrons. The maximum Gasteiger partial charge on any atom is 0.240 e. The Balaban J connectivity index is 1.87. The lowest BCUT2D eigenvalue weighted by atomic mass is 9.97. The number of amides is 2. The number of unbranched alkanes of at least 4 members (excludes halogenated alkanes) is 1. The van der Waals surface area contributed by atoms with Crippen molar-refractivity contribution in [2.75, 3.05) is 0 Å². The average molecular weight is 435 g/mol. The highest BCUT2D eigenvalue weighted by Crippen LogP contribution is 2.30. The zero-order chi connectivity index (χ0) is 23.1. The molecule has 1 atom stereocenters. The Kier molecular flexibility index (Phi) is 7.70. The van der Waals surface area contributed by atoms with Gasteiger partial charge in [0.1, 0.15) is 6.04 Å². The molecule has 3 aromatic rings. The number of carbonyl (C=O) groups excluding carboxylic acids is 2. The number of hydrogen-bond acceptors (Lipinski definition) is 5. The number of aromatic amines is 1. The molecule has 0 aliphatic heterocycles. The van der Waals surface area contributed by atoms with E-state index in [2.05, 4.69) is 20.6 Å². The summed E-state index contributed by atoms with van der Waals surface area (Å²) in [6, 6.07) is 15.1. The summed E-state index contributed by atoms with van der Waals surface area (Å²) in [4.78, 5) is 26.7. The number of aromatic nitrogens is 4. The van der Waals surface area contributed by atoms with E-state index in [4.69, 9.17) is 5.73 Å². The van der Waals surface area contributed by atoms with Crippen LogP contribution < -0.4 is 5.73 Å². The van der Waals surface area contributed by atoms with Crippen LogP contribution in [0.3, 0.4) is 0 Å². The zero-order valence-electron chi connectivity index (χ0n) is 18.8. The van der Waals surface area contributed by atoms with Crippen LogP contribution in [0.5, 0.6) is 0 Å². The molecule has 0 unspecified atom stereocenters. The fourth-order valence-corrected chi connectivity index (χ4v) is 3.85. The van der Waals surface area contributed by atoms with E-state index in [1.54, 1.807) is 4.90 Å². The van der Waals surface area contributed by atoms with Gasteiger partial charge >= 0.3 is 0 Å². The summed E-state index contributed by atoms with van der Waals surface area (Å²) in [5.74, 6) is -0.0656. The molecule has 2 aromatic carbocycles. The Morgan fingerprint density at radius 1 is 1.06 bits per heavy atom. The Labute approximate surface area is 188 Å². The third-order valence-electron chi connectivity index (χ3n) is 5.45. The van der Waals surface area contributed by atoms with E-state index in [-0.39, 0.29) is 11.8 Å². The fraction of sp³-hybridized carbons (Fsp3) is 0.375. The van der Waals surface area contributed by atoms with E-state index in [0.29, 0.717) is 18.8 Å². The van der Waals surface area contributed by atoms with Gasteiger partial charge in [0.2, 0.25) is 17.6 Å². The van der Waals surface area contributed by atoms with Crippen LogP contribution in [0.1, 0.15) is 45.6 Å². The first kappa shape index (κ1) is 23.1. The van der Waals surface area contributed by atoms with Gasteiger partial charge in [-0.25, -0.2) is 0 Å². The standard InChI is InChI=1S/C24H30N6O2/c1-4-5-10-21(31)30(22(16(2)3)23(25)32)15-17-11-13-18(14-12-17)19-8-6-7-9-20(19)24-26-28-29-27-24/h6-9,11-14,16,22H,4-5,10,15H2,1-3H3,(H2,25,32)(H,26,27,28,29)/t22-/m0/s1. The van der Waals surface area contributed by atoms with Gasteiger partial charge < -0.3 is 10.6 Å². The molecule has 0 spiro atoms. The van der Waals surface area contributed by atoms with Gasteiger partial charge in [0.05, 0.1) is 0 Å². The normalized spacial score (nSPS) is 12.0. The predicted molar refractivity (Wildman–Crippen MR) is 123 cm³/mol. The van der Waals surface area contributed by atoms with Crippen LogP contribution in [0.2, 0.25) is 0 Å². The number of nitrogens with one attached hydrogen (secondary N) is 1. The number of carbonyl (C=O) groups is 2. The largest absolute Gasteiger partial charge is 0.368 e. The van der Waals surface area contributed by atoms with Crippen molar-refractivity contribution < 1.29 is 9.59 Å². The fourth-order valence-electron chi connectivity index (χ4n) is 3.85. The van der Waals surface area contributed by atoms with Crippen LogP contribution in [-0.4, -0.2) is 43.4 Å². The number of benzene rings is 2. The molecule has 0 saturated carbocycles. The summed E-state index contributed by atoms with van der Waals surface area (Å²) in [5.41, 5.74) is 9.45. The van der Waals surface area contributed by atoms with Gasteiger partial charge in [-0.05, 0) is 34.2 Å². The molecule has 0 aliphatic carbocycles. The summed E-state index contributed by atoms with van der Waals surface area (Å²) < 4.78 is 0. The molecule has 3 rings (SSSR count). The van der Waals surface area contributed by atoms with Gasteiger partial charge in [-0.1, -0.05) is 75.7 Å². The summed E-state index contributed by atoms with van der Waals surface area (Å²) in [6.07, 6.45) is 2.10. The lowest BCUT2D eigenvalue weighted by Crippen LogP contribution is -2.50. The number of rotatable bonds is 10. The second-order valence-corrected chi connectivity index (χ2v) is 8.19. The highest BCUT2D eigenvalue weighted by atomic mass is 16.2. The zero-order valence-corrected chi connectivity index (χ0v) is 18.8. The van der Waals surface area contributed by atoms with Gasteiger partial charge in [0.25, 0.3) is 0 Å². The van der Waals surface area contributed by atoms with Crippen LogP contribution in [0.15, 0.2) is 48.5 Å². The monoisotopic (exact) mass is 434 g/mol. The van der Waals surface area contributed by atoms with Gasteiger partial charge in [-0.2, -0.15) is 5.21 Å². The van der Waals surface area contributed by atoms with Gasteiger partial charge in [0.15, 0.2) is 0 Å². The maximum atomic E-state index is 12.9. The lowest BCUT2D eigenvalue weighted by Gasteiger charge is -2.32. The molecule has 0 bridgehead atoms.